The van der Waals surface area contributed by atoms with Crippen molar-refractivity contribution in [2.45, 2.75) is 37.2 Å². The van der Waals surface area contributed by atoms with Gasteiger partial charge in [0.1, 0.15) is 0 Å². The number of hydrogen-bond donors (Lipinski definition) is 1. The molecule has 0 bridgehead atoms. The Morgan fingerprint density at radius 3 is 2.37 bits per heavy atom. The Kier molecular flexibility index (Phi) is 4.84. The van der Waals surface area contributed by atoms with Gasteiger partial charge in [-0.1, -0.05) is 23.4 Å². The molecule has 6 heteroatoms. The molecule has 2 rings (SSSR count). The number of aryl methyl sites for hydroxylation is 2. The standard InChI is InChI=1S/C13H16ClN3S2/c1-7-6-8(2)17-13(16-7)19-12(9(3)15)10-4-5-11(14)18-10/h4-6,9,12H,15H2,1-3H3. The van der Waals surface area contributed by atoms with Gasteiger partial charge in [-0.15, -0.1) is 11.3 Å². The molecule has 0 aliphatic rings. The Morgan fingerprint density at radius 2 is 1.89 bits per heavy atom. The highest BCUT2D eigenvalue weighted by Crippen LogP contribution is 2.40. The molecule has 0 radical (unpaired) electrons. The maximum absolute atomic E-state index is 6.09. The lowest BCUT2D eigenvalue weighted by Crippen LogP contribution is -2.22. The summed E-state index contributed by atoms with van der Waals surface area (Å²) in [5, 5.41) is 0.892. The first-order valence-electron chi connectivity index (χ1n) is 5.95. The molecule has 0 aromatic carbocycles. The zero-order valence-electron chi connectivity index (χ0n) is 11.1. The van der Waals surface area contributed by atoms with Gasteiger partial charge in [0, 0.05) is 22.3 Å². The molecule has 0 saturated heterocycles. The maximum atomic E-state index is 6.09. The zero-order valence-corrected chi connectivity index (χ0v) is 13.4. The molecule has 0 aliphatic carbocycles. The van der Waals surface area contributed by atoms with Crippen LogP contribution in [0, 0.1) is 13.8 Å². The van der Waals surface area contributed by atoms with Crippen molar-refractivity contribution in [2.75, 3.05) is 0 Å². The SMILES string of the molecule is Cc1cc(C)nc(SC(c2ccc(Cl)s2)C(C)N)n1. The van der Waals surface area contributed by atoms with Gasteiger partial charge in [0.25, 0.3) is 0 Å². The molecule has 2 aromatic rings. The van der Waals surface area contributed by atoms with Gasteiger partial charge in [0.15, 0.2) is 5.16 Å². The predicted octanol–water partition coefficient (Wildman–Crippen LogP) is 3.99. The summed E-state index contributed by atoms with van der Waals surface area (Å²) in [4.78, 5) is 10.1. The number of halogens is 1. The monoisotopic (exact) mass is 313 g/mol. The summed E-state index contributed by atoms with van der Waals surface area (Å²) in [5.41, 5.74) is 8.04. The van der Waals surface area contributed by atoms with Crippen molar-refractivity contribution >= 4 is 34.7 Å². The van der Waals surface area contributed by atoms with Crippen LogP contribution in [0.4, 0.5) is 0 Å². The van der Waals surface area contributed by atoms with Gasteiger partial charge in [-0.2, -0.15) is 0 Å². The van der Waals surface area contributed by atoms with Crippen LogP contribution >= 0.6 is 34.7 Å². The van der Waals surface area contributed by atoms with Gasteiger partial charge in [-0.3, -0.25) is 0 Å². The summed E-state index contributed by atoms with van der Waals surface area (Å²) >= 11 is 9.16. The Labute approximate surface area is 126 Å². The fraction of sp³-hybridized carbons (Fsp3) is 0.385. The molecule has 2 heterocycles. The van der Waals surface area contributed by atoms with Crippen molar-refractivity contribution in [3.63, 3.8) is 0 Å². The minimum absolute atomic E-state index is 0.00383. The van der Waals surface area contributed by atoms with Crippen molar-refractivity contribution in [3.05, 3.63) is 38.8 Å². The third-order valence-corrected chi connectivity index (χ3v) is 5.34. The summed E-state index contributed by atoms with van der Waals surface area (Å²) in [7, 11) is 0. The molecule has 2 aromatic heterocycles. The van der Waals surface area contributed by atoms with Crippen LogP contribution in [-0.4, -0.2) is 16.0 Å². The van der Waals surface area contributed by atoms with E-state index in [1.54, 1.807) is 23.1 Å². The van der Waals surface area contributed by atoms with Crippen LogP contribution in [0.5, 0.6) is 0 Å². The van der Waals surface area contributed by atoms with E-state index in [4.69, 9.17) is 17.3 Å². The molecule has 0 spiro atoms. The summed E-state index contributed by atoms with van der Waals surface area (Å²) in [6.07, 6.45) is 0. The van der Waals surface area contributed by atoms with E-state index in [-0.39, 0.29) is 11.3 Å². The maximum Gasteiger partial charge on any atom is 0.188 e. The lowest BCUT2D eigenvalue weighted by molar-refractivity contribution is 0.725. The molecule has 0 fully saturated rings. The number of aromatic nitrogens is 2. The molecule has 2 unspecified atom stereocenters. The van der Waals surface area contributed by atoms with Crippen molar-refractivity contribution in [1.29, 1.82) is 0 Å². The first-order chi connectivity index (χ1) is 8.95. The Balaban J connectivity index is 2.26. The number of nitrogens with zero attached hydrogens (tertiary/aromatic N) is 2. The van der Waals surface area contributed by atoms with Crippen LogP contribution < -0.4 is 5.73 Å². The lowest BCUT2D eigenvalue weighted by Gasteiger charge is -2.18. The van der Waals surface area contributed by atoms with Crippen molar-refractivity contribution < 1.29 is 0 Å². The summed E-state index contributed by atoms with van der Waals surface area (Å²) in [5.74, 6) is 0. The Hall–Kier alpha value is -0.620. The zero-order chi connectivity index (χ0) is 14.0. The minimum atomic E-state index is 0.00383. The van der Waals surface area contributed by atoms with Gasteiger partial charge in [0.05, 0.1) is 9.59 Å². The smallest absolute Gasteiger partial charge is 0.188 e. The second kappa shape index (κ2) is 6.22. The fourth-order valence-corrected chi connectivity index (χ4v) is 4.24. The third kappa shape index (κ3) is 3.92. The van der Waals surface area contributed by atoms with Crippen molar-refractivity contribution in [2.24, 2.45) is 5.73 Å². The number of thioether (sulfide) groups is 1. The second-order valence-electron chi connectivity index (χ2n) is 4.47. The van der Waals surface area contributed by atoms with E-state index in [2.05, 4.69) is 9.97 Å². The summed E-state index contributed by atoms with van der Waals surface area (Å²) < 4.78 is 0.780. The van der Waals surface area contributed by atoms with Crippen LogP contribution in [0.25, 0.3) is 0 Å². The molecule has 2 atom stereocenters. The van der Waals surface area contributed by atoms with Crippen LogP contribution in [0.2, 0.25) is 4.34 Å². The number of nitrogens with two attached hydrogens (primary N) is 1. The molecular formula is C13H16ClN3S2. The number of hydrogen-bond acceptors (Lipinski definition) is 5. The fourth-order valence-electron chi connectivity index (χ4n) is 1.77. The summed E-state index contributed by atoms with van der Waals surface area (Å²) in [6.45, 7) is 5.94. The second-order valence-corrected chi connectivity index (χ2v) is 7.33. The molecule has 2 N–H and O–H groups in total. The Bertz CT molecular complexity index is 549. The molecule has 0 amide bonds. The molecule has 0 saturated carbocycles. The van der Waals surface area contributed by atoms with Crippen molar-refractivity contribution in [3.8, 4) is 0 Å². The van der Waals surface area contributed by atoms with Crippen LogP contribution in [0.3, 0.4) is 0 Å². The van der Waals surface area contributed by atoms with E-state index in [0.717, 1.165) is 25.8 Å². The molecule has 19 heavy (non-hydrogen) atoms. The van der Waals surface area contributed by atoms with Gasteiger partial charge in [-0.05, 0) is 39.0 Å². The highest BCUT2D eigenvalue weighted by Gasteiger charge is 2.21. The Morgan fingerprint density at radius 1 is 1.26 bits per heavy atom. The van der Waals surface area contributed by atoms with E-state index in [9.17, 15) is 0 Å². The van der Waals surface area contributed by atoms with E-state index in [1.165, 1.54) is 0 Å². The molecular weight excluding hydrogens is 298 g/mol. The highest BCUT2D eigenvalue weighted by atomic mass is 35.5. The van der Waals surface area contributed by atoms with Gasteiger partial charge in [0.2, 0.25) is 0 Å². The lowest BCUT2D eigenvalue weighted by atomic mass is 10.2. The van der Waals surface area contributed by atoms with E-state index < -0.39 is 0 Å². The van der Waals surface area contributed by atoms with Crippen LogP contribution in [-0.2, 0) is 0 Å². The van der Waals surface area contributed by atoms with Gasteiger partial charge in [-0.25, -0.2) is 9.97 Å². The number of thiophene rings is 1. The first kappa shape index (κ1) is 14.8. The number of rotatable bonds is 4. The quantitative estimate of drug-likeness (QED) is 0.685. The van der Waals surface area contributed by atoms with E-state index in [0.29, 0.717) is 0 Å². The molecule has 3 nitrogen and oxygen atoms in total. The van der Waals surface area contributed by atoms with Crippen LogP contribution in [0.1, 0.15) is 28.4 Å². The van der Waals surface area contributed by atoms with E-state index in [1.807, 2.05) is 39.0 Å². The topological polar surface area (TPSA) is 51.8 Å². The van der Waals surface area contributed by atoms with Gasteiger partial charge < -0.3 is 5.73 Å². The normalized spacial score (nSPS) is 14.4. The van der Waals surface area contributed by atoms with Crippen LogP contribution in [0.15, 0.2) is 23.4 Å². The first-order valence-corrected chi connectivity index (χ1v) is 8.03. The third-order valence-electron chi connectivity index (χ3n) is 2.55. The summed E-state index contributed by atoms with van der Waals surface area (Å²) in [6, 6.07) is 5.90. The predicted molar refractivity (Wildman–Crippen MR) is 83.1 cm³/mol. The molecule has 0 aliphatic heterocycles. The van der Waals surface area contributed by atoms with Crippen molar-refractivity contribution in [1.82, 2.24) is 9.97 Å². The largest absolute Gasteiger partial charge is 0.327 e. The highest BCUT2D eigenvalue weighted by molar-refractivity contribution is 7.99. The minimum Gasteiger partial charge on any atom is -0.327 e. The van der Waals surface area contributed by atoms with E-state index >= 15 is 0 Å². The molecule has 102 valence electrons. The average molecular weight is 314 g/mol. The average Bonchev–Trinajstić information content (AvgIpc) is 2.70. The van der Waals surface area contributed by atoms with Gasteiger partial charge >= 0.3 is 0 Å².